The molecule has 6 rings (SSSR count). The van der Waals surface area contributed by atoms with Crippen LogP contribution in [0.2, 0.25) is 0 Å². The second-order valence-corrected chi connectivity index (χ2v) is 11.1. The molecule has 0 amide bonds. The monoisotopic (exact) mass is 583 g/mol. The van der Waals surface area contributed by atoms with Crippen LogP contribution in [0.5, 0.6) is 11.5 Å². The van der Waals surface area contributed by atoms with Gasteiger partial charge in [-0.25, -0.2) is 9.59 Å². The quantitative estimate of drug-likeness (QED) is 0.253. The number of ether oxygens (including phenoxy) is 2. The van der Waals surface area contributed by atoms with E-state index in [0.717, 1.165) is 30.8 Å². The zero-order valence-electron chi connectivity index (χ0n) is 21.5. The van der Waals surface area contributed by atoms with Gasteiger partial charge in [-0.1, -0.05) is 5.92 Å². The number of carboxylic acid groups (broad SMARTS) is 2. The van der Waals surface area contributed by atoms with Gasteiger partial charge in [-0.15, -0.1) is 28.6 Å². The van der Waals surface area contributed by atoms with E-state index in [1.54, 1.807) is 35.8 Å². The molecule has 41 heavy (non-hydrogen) atoms. The molecule has 2 aliphatic rings. The van der Waals surface area contributed by atoms with Gasteiger partial charge in [-0.05, 0) is 61.0 Å². The highest BCUT2D eigenvalue weighted by Gasteiger charge is 2.26. The molecule has 0 radical (unpaired) electrons. The number of carboxylic acids is 2. The fourth-order valence-corrected chi connectivity index (χ4v) is 6.68. The zero-order chi connectivity index (χ0) is 28.5. The molecule has 0 fully saturated rings. The number of nitrogens with one attached hydrogen (secondary N) is 1. The van der Waals surface area contributed by atoms with Crippen LogP contribution in [0.1, 0.15) is 39.6 Å². The molecule has 1 atom stereocenters. The Morgan fingerprint density at radius 2 is 1.76 bits per heavy atom. The molecule has 204 valence electrons. The lowest BCUT2D eigenvalue weighted by Crippen LogP contribution is -2.25. The second kappa shape index (κ2) is 10.9. The number of thiophene rings is 2. The lowest BCUT2D eigenvalue weighted by molar-refractivity contribution is -0.132. The first kappa shape index (κ1) is 26.3. The van der Waals surface area contributed by atoms with Crippen molar-refractivity contribution >= 4 is 40.3 Å². The van der Waals surface area contributed by atoms with Crippen molar-refractivity contribution < 1.29 is 29.3 Å². The van der Waals surface area contributed by atoms with E-state index >= 15 is 0 Å². The van der Waals surface area contributed by atoms with Crippen molar-refractivity contribution in [3.05, 3.63) is 88.3 Å². The van der Waals surface area contributed by atoms with Crippen LogP contribution in [0.25, 0.3) is 25.9 Å². The Morgan fingerprint density at radius 3 is 2.54 bits per heavy atom. The van der Waals surface area contributed by atoms with Gasteiger partial charge < -0.3 is 25.0 Å². The molecule has 0 aliphatic carbocycles. The summed E-state index contributed by atoms with van der Waals surface area (Å²) in [4.78, 5) is 36.0. The van der Waals surface area contributed by atoms with Crippen LogP contribution >= 0.6 is 22.7 Å². The summed E-state index contributed by atoms with van der Waals surface area (Å²) >= 11 is 3.14. The fourth-order valence-electron chi connectivity index (χ4n) is 4.48. The third-order valence-corrected chi connectivity index (χ3v) is 8.72. The Kier molecular flexibility index (Phi) is 7.01. The lowest BCUT2D eigenvalue weighted by atomic mass is 10.00. The number of fused-ring (bicyclic) bond motifs is 1. The summed E-state index contributed by atoms with van der Waals surface area (Å²) in [7, 11) is 0. The van der Waals surface area contributed by atoms with Gasteiger partial charge in [0, 0.05) is 22.1 Å². The highest BCUT2D eigenvalue weighted by atomic mass is 32.1. The summed E-state index contributed by atoms with van der Waals surface area (Å²) in [5.74, 6) is 5.26. The minimum absolute atomic E-state index is 0.0487. The topological polar surface area (TPSA) is 131 Å². The molecule has 0 aromatic carbocycles. The lowest BCUT2D eigenvalue weighted by Gasteiger charge is -2.23. The minimum Gasteiger partial charge on any atom is -0.485 e. The number of hydrogen-bond donors (Lipinski definition) is 3. The summed E-state index contributed by atoms with van der Waals surface area (Å²) in [6.45, 7) is 2.76. The standard InChI is InChI=1S/C30H21N3O6S2/c1-2-3-24-26-27(39-11-10-38-26)28(41-24)25-5-4-23(40-25)16-6-8-31-19(12-16)21-14-18(30(36)37)15-22(33-21)20-13-17(29(34)35)7-9-32-20/h4-9,12-15,22,33H,10-11H2,1H3,(H,34,35)(H,36,37). The molecule has 2 aliphatic heterocycles. The first-order valence-corrected chi connectivity index (χ1v) is 14.1. The second-order valence-electron chi connectivity index (χ2n) is 8.97. The van der Waals surface area contributed by atoms with Crippen LogP contribution in [0.4, 0.5) is 0 Å². The number of hydrogen-bond acceptors (Lipinski definition) is 9. The van der Waals surface area contributed by atoms with Gasteiger partial charge >= 0.3 is 11.9 Å². The molecule has 11 heteroatoms. The van der Waals surface area contributed by atoms with Crippen molar-refractivity contribution in [3.63, 3.8) is 0 Å². The number of nitrogens with zero attached hydrogens (tertiary/aromatic N) is 2. The SMILES string of the molecule is CC#Cc1sc(-c2ccc(-c3ccnc(C4=CC(C(=O)O)=CC(c5cc(C(=O)O)ccn5)N4)c3)s2)c2c1OCCO2. The van der Waals surface area contributed by atoms with Gasteiger partial charge in [0.2, 0.25) is 0 Å². The molecule has 6 heterocycles. The van der Waals surface area contributed by atoms with Gasteiger partial charge in [0.1, 0.15) is 18.1 Å². The van der Waals surface area contributed by atoms with Crippen LogP contribution in [0.3, 0.4) is 0 Å². The molecule has 4 aromatic heterocycles. The van der Waals surface area contributed by atoms with Crippen LogP contribution in [0.15, 0.2) is 66.5 Å². The predicted octanol–water partition coefficient (Wildman–Crippen LogP) is 5.47. The van der Waals surface area contributed by atoms with Crippen LogP contribution in [-0.2, 0) is 4.79 Å². The first-order chi connectivity index (χ1) is 19.9. The average Bonchev–Trinajstić information content (AvgIpc) is 3.63. The van der Waals surface area contributed by atoms with E-state index in [0.29, 0.717) is 36.0 Å². The highest BCUT2D eigenvalue weighted by Crippen LogP contribution is 2.51. The molecular formula is C30H21N3O6S2. The third-order valence-electron chi connectivity index (χ3n) is 6.34. The summed E-state index contributed by atoms with van der Waals surface area (Å²) < 4.78 is 11.8. The largest absolute Gasteiger partial charge is 0.485 e. The Hall–Kier alpha value is -4.92. The smallest absolute Gasteiger partial charge is 0.335 e. The van der Waals surface area contributed by atoms with E-state index < -0.39 is 18.0 Å². The number of pyridine rings is 2. The van der Waals surface area contributed by atoms with Crippen molar-refractivity contribution in [2.75, 3.05) is 13.2 Å². The molecule has 9 nitrogen and oxygen atoms in total. The maximum absolute atomic E-state index is 12.0. The molecule has 3 N–H and O–H groups in total. The highest BCUT2D eigenvalue weighted by molar-refractivity contribution is 7.24. The van der Waals surface area contributed by atoms with Gasteiger partial charge in [0.05, 0.1) is 39.1 Å². The van der Waals surface area contributed by atoms with Crippen molar-refractivity contribution in [2.45, 2.75) is 13.0 Å². The fraction of sp³-hybridized carbons (Fsp3) is 0.133. The van der Waals surface area contributed by atoms with E-state index in [1.807, 2.05) is 24.3 Å². The van der Waals surface area contributed by atoms with Gasteiger partial charge in [-0.3, -0.25) is 9.97 Å². The normalized spacial score (nSPS) is 15.6. The summed E-state index contributed by atoms with van der Waals surface area (Å²) in [6.07, 6.45) is 6.07. The van der Waals surface area contributed by atoms with E-state index in [2.05, 4.69) is 27.1 Å². The Labute approximate surface area is 242 Å². The van der Waals surface area contributed by atoms with Crippen LogP contribution in [0, 0.1) is 11.8 Å². The third kappa shape index (κ3) is 5.18. The molecule has 4 aromatic rings. The summed E-state index contributed by atoms with van der Waals surface area (Å²) in [5.41, 5.74) is 2.41. The zero-order valence-corrected chi connectivity index (χ0v) is 23.1. The number of aromatic carboxylic acids is 1. The maximum Gasteiger partial charge on any atom is 0.335 e. The molecule has 0 bridgehead atoms. The first-order valence-electron chi connectivity index (χ1n) is 12.5. The summed E-state index contributed by atoms with van der Waals surface area (Å²) in [5, 5.41) is 22.4. The van der Waals surface area contributed by atoms with Gasteiger partial charge in [-0.2, -0.15) is 0 Å². The molecule has 0 saturated heterocycles. The van der Waals surface area contributed by atoms with Crippen molar-refractivity contribution in [1.82, 2.24) is 15.3 Å². The van der Waals surface area contributed by atoms with Crippen LogP contribution in [-0.4, -0.2) is 45.3 Å². The number of dihydropyridines is 1. The van der Waals surface area contributed by atoms with Gasteiger partial charge in [0.15, 0.2) is 11.5 Å². The molecule has 0 saturated carbocycles. The number of rotatable bonds is 6. The summed E-state index contributed by atoms with van der Waals surface area (Å²) in [6, 6.07) is 9.98. The Bertz CT molecular complexity index is 1820. The van der Waals surface area contributed by atoms with Crippen molar-refractivity contribution in [1.29, 1.82) is 0 Å². The molecular weight excluding hydrogens is 562 g/mol. The maximum atomic E-state index is 12.0. The van der Waals surface area contributed by atoms with E-state index in [4.69, 9.17) is 9.47 Å². The number of carbonyl (C=O) groups is 2. The molecule has 1 unspecified atom stereocenters. The minimum atomic E-state index is -1.11. The number of aliphatic carboxylic acids is 1. The Morgan fingerprint density at radius 1 is 0.976 bits per heavy atom. The van der Waals surface area contributed by atoms with E-state index in [1.165, 1.54) is 30.5 Å². The van der Waals surface area contributed by atoms with Crippen LogP contribution < -0.4 is 14.8 Å². The Balaban J connectivity index is 1.33. The number of aromatic nitrogens is 2. The van der Waals surface area contributed by atoms with Crippen molar-refractivity contribution in [2.24, 2.45) is 0 Å². The van der Waals surface area contributed by atoms with E-state index in [9.17, 15) is 19.8 Å². The van der Waals surface area contributed by atoms with Gasteiger partial charge in [0.25, 0.3) is 0 Å². The van der Waals surface area contributed by atoms with E-state index in [-0.39, 0.29) is 11.1 Å². The average molecular weight is 584 g/mol. The molecule has 0 spiro atoms. The predicted molar refractivity (Wildman–Crippen MR) is 155 cm³/mol. The van der Waals surface area contributed by atoms with Crippen molar-refractivity contribution in [3.8, 4) is 43.5 Å².